The highest BCUT2D eigenvalue weighted by molar-refractivity contribution is 8.25. The molecule has 100 valence electrons. The van der Waals surface area contributed by atoms with Crippen molar-refractivity contribution >= 4 is 41.6 Å². The molecule has 0 aliphatic carbocycles. The first-order valence-electron chi connectivity index (χ1n) is 4.71. The maximum atomic E-state index is 11.3. The highest BCUT2D eigenvalue weighted by Gasteiger charge is 2.32. The van der Waals surface area contributed by atoms with Gasteiger partial charge in [-0.15, -0.1) is 11.8 Å². The van der Waals surface area contributed by atoms with E-state index in [1.54, 1.807) is 0 Å². The van der Waals surface area contributed by atoms with Crippen molar-refractivity contribution in [3.05, 3.63) is 9.81 Å². The van der Waals surface area contributed by atoms with Crippen molar-refractivity contribution in [3.8, 4) is 0 Å². The van der Waals surface area contributed by atoms with E-state index in [1.807, 2.05) is 0 Å². The molecule has 1 fully saturated rings. The molecule has 0 spiro atoms. The molecule has 1 atom stereocenters. The van der Waals surface area contributed by atoms with E-state index in [1.165, 1.54) is 19.0 Å². The topological polar surface area (TPSA) is 104 Å². The third kappa shape index (κ3) is 3.57. The quantitative estimate of drug-likeness (QED) is 0.449. The molecule has 1 rings (SSSR count). The molecule has 1 saturated heterocycles. The summed E-state index contributed by atoms with van der Waals surface area (Å²) in [6, 6.07) is 0. The van der Waals surface area contributed by atoms with Crippen molar-refractivity contribution in [1.82, 2.24) is 4.90 Å². The first-order chi connectivity index (χ1) is 8.32. The molecular formula is C9H11NO6S2. The van der Waals surface area contributed by atoms with Crippen molar-refractivity contribution < 1.29 is 29.3 Å². The van der Waals surface area contributed by atoms with Gasteiger partial charge in [0.2, 0.25) is 0 Å². The van der Waals surface area contributed by atoms with E-state index in [0.29, 0.717) is 5.75 Å². The molecule has 18 heavy (non-hydrogen) atoms. The van der Waals surface area contributed by atoms with Gasteiger partial charge in [0.1, 0.15) is 0 Å². The highest BCUT2D eigenvalue weighted by atomic mass is 32.2. The Kier molecular flexibility index (Phi) is 4.91. The summed E-state index contributed by atoms with van der Waals surface area (Å²) in [5.41, 5.74) is -1.26. The van der Waals surface area contributed by atoms with Crippen LogP contribution in [0.15, 0.2) is 9.81 Å². The van der Waals surface area contributed by atoms with Gasteiger partial charge in [0, 0.05) is 19.8 Å². The molecule has 0 saturated carbocycles. The molecule has 0 aromatic heterocycles. The van der Waals surface area contributed by atoms with Crippen LogP contribution in [0.4, 0.5) is 4.79 Å². The second-order valence-corrected chi connectivity index (χ2v) is 5.87. The van der Waals surface area contributed by atoms with Crippen molar-refractivity contribution in [2.75, 3.05) is 19.8 Å². The fourth-order valence-electron chi connectivity index (χ4n) is 1.00. The Bertz CT molecular complexity index is 403. The van der Waals surface area contributed by atoms with Crippen LogP contribution in [0, 0.1) is 0 Å². The van der Waals surface area contributed by atoms with E-state index in [-0.39, 0.29) is 4.24 Å². The van der Waals surface area contributed by atoms with Crippen LogP contribution in [-0.2, 0) is 14.3 Å². The van der Waals surface area contributed by atoms with Crippen molar-refractivity contribution in [3.63, 3.8) is 0 Å². The van der Waals surface area contributed by atoms with Gasteiger partial charge < -0.3 is 19.8 Å². The monoisotopic (exact) mass is 293 g/mol. The Hall–Kier alpha value is -1.35. The number of hydrogen-bond acceptors (Lipinski definition) is 6. The minimum absolute atomic E-state index is 0.145. The number of carbonyl (C=O) groups excluding carboxylic acids is 1. The molecule has 7 nitrogen and oxygen atoms in total. The summed E-state index contributed by atoms with van der Waals surface area (Å²) in [6.07, 6.45) is -0.554. The summed E-state index contributed by atoms with van der Waals surface area (Å²) < 4.78 is 5.17. The standard InChI is InChI=1S/C9H11NO6S2/c1-10(2)9(15)16-4-3-17-8(18-4)5(6(11)12)7(13)14/h4H,3H2,1-2H3,(H,11,12)(H,13,14). The number of carboxylic acids is 2. The van der Waals surface area contributed by atoms with E-state index >= 15 is 0 Å². The zero-order chi connectivity index (χ0) is 13.9. The van der Waals surface area contributed by atoms with Gasteiger partial charge >= 0.3 is 18.0 Å². The number of aliphatic carboxylic acids is 2. The molecule has 0 aromatic carbocycles. The predicted molar refractivity (Wildman–Crippen MR) is 66.3 cm³/mol. The Labute approximate surface area is 111 Å². The maximum Gasteiger partial charge on any atom is 0.410 e. The molecule has 9 heteroatoms. The number of nitrogens with zero attached hydrogens (tertiary/aromatic N) is 1. The lowest BCUT2D eigenvalue weighted by molar-refractivity contribution is -0.140. The van der Waals surface area contributed by atoms with E-state index < -0.39 is 29.0 Å². The normalized spacial score (nSPS) is 18.3. The van der Waals surface area contributed by atoms with Crippen LogP contribution in [0.2, 0.25) is 0 Å². The van der Waals surface area contributed by atoms with Crippen LogP contribution in [0.5, 0.6) is 0 Å². The lowest BCUT2D eigenvalue weighted by atomic mass is 10.3. The molecule has 1 aliphatic rings. The van der Waals surface area contributed by atoms with E-state index in [0.717, 1.165) is 23.5 Å². The first kappa shape index (κ1) is 14.7. The van der Waals surface area contributed by atoms with Gasteiger partial charge in [-0.2, -0.15) is 0 Å². The third-order valence-corrected chi connectivity index (χ3v) is 4.55. The predicted octanol–water partition coefficient (Wildman–Crippen LogP) is 0.871. The molecular weight excluding hydrogens is 282 g/mol. The van der Waals surface area contributed by atoms with Crippen LogP contribution in [0.1, 0.15) is 0 Å². The summed E-state index contributed by atoms with van der Waals surface area (Å²) >= 11 is 1.99. The van der Waals surface area contributed by atoms with Crippen molar-refractivity contribution in [2.45, 2.75) is 5.44 Å². The Morgan fingerprint density at radius 2 is 1.83 bits per heavy atom. The minimum Gasteiger partial charge on any atom is -0.477 e. The van der Waals surface area contributed by atoms with Crippen molar-refractivity contribution in [2.24, 2.45) is 0 Å². The molecule has 1 unspecified atom stereocenters. The summed E-state index contributed by atoms with van der Waals surface area (Å²) in [4.78, 5) is 34.1. The Morgan fingerprint density at radius 1 is 1.28 bits per heavy atom. The molecule has 0 radical (unpaired) electrons. The zero-order valence-corrected chi connectivity index (χ0v) is 11.2. The Morgan fingerprint density at radius 3 is 2.28 bits per heavy atom. The molecule has 2 N–H and O–H groups in total. The lowest BCUT2D eigenvalue weighted by Crippen LogP contribution is -2.26. The fraction of sp³-hybridized carbons (Fsp3) is 0.444. The number of rotatable bonds is 3. The first-order valence-corrected chi connectivity index (χ1v) is 6.57. The van der Waals surface area contributed by atoms with Crippen LogP contribution < -0.4 is 0 Å². The molecule has 1 heterocycles. The van der Waals surface area contributed by atoms with Crippen LogP contribution in [-0.4, -0.2) is 58.4 Å². The van der Waals surface area contributed by atoms with Gasteiger partial charge in [0.05, 0.1) is 4.24 Å². The Balaban J connectivity index is 2.76. The fourth-order valence-corrected chi connectivity index (χ4v) is 3.61. The molecule has 1 aliphatic heterocycles. The maximum absolute atomic E-state index is 11.3. The van der Waals surface area contributed by atoms with Gasteiger partial charge in [0.25, 0.3) is 0 Å². The average molecular weight is 293 g/mol. The number of ether oxygens (including phenoxy) is 1. The summed E-state index contributed by atoms with van der Waals surface area (Å²) in [6.45, 7) is 0. The molecule has 0 bridgehead atoms. The third-order valence-electron chi connectivity index (χ3n) is 1.82. The number of hydrogen-bond donors (Lipinski definition) is 2. The van der Waals surface area contributed by atoms with Gasteiger partial charge in [-0.3, -0.25) is 0 Å². The SMILES string of the molecule is CN(C)C(=O)OC1CSC(=C(C(=O)O)C(=O)O)S1. The van der Waals surface area contributed by atoms with Gasteiger partial charge in [-0.1, -0.05) is 11.8 Å². The summed E-state index contributed by atoms with van der Waals surface area (Å²) in [5.74, 6) is -2.68. The van der Waals surface area contributed by atoms with Gasteiger partial charge in [-0.05, 0) is 0 Å². The second-order valence-electron chi connectivity index (χ2n) is 3.41. The minimum atomic E-state index is -1.50. The largest absolute Gasteiger partial charge is 0.477 e. The van der Waals surface area contributed by atoms with Crippen LogP contribution >= 0.6 is 23.5 Å². The average Bonchev–Trinajstić information content (AvgIpc) is 2.64. The van der Waals surface area contributed by atoms with Crippen LogP contribution in [0.3, 0.4) is 0 Å². The van der Waals surface area contributed by atoms with Gasteiger partial charge in [-0.25, -0.2) is 14.4 Å². The summed E-state index contributed by atoms with van der Waals surface area (Å²) in [5, 5.41) is 17.6. The number of carboxylic acid groups (broad SMARTS) is 2. The van der Waals surface area contributed by atoms with E-state index in [4.69, 9.17) is 14.9 Å². The number of carbonyl (C=O) groups is 3. The zero-order valence-electron chi connectivity index (χ0n) is 9.58. The van der Waals surface area contributed by atoms with E-state index in [9.17, 15) is 14.4 Å². The number of thioether (sulfide) groups is 2. The molecule has 1 amide bonds. The lowest BCUT2D eigenvalue weighted by Gasteiger charge is -2.14. The summed E-state index contributed by atoms with van der Waals surface area (Å²) in [7, 11) is 3.04. The molecule has 0 aromatic rings. The number of amides is 1. The smallest absolute Gasteiger partial charge is 0.410 e. The van der Waals surface area contributed by atoms with Crippen molar-refractivity contribution in [1.29, 1.82) is 0 Å². The van der Waals surface area contributed by atoms with E-state index in [2.05, 4.69) is 0 Å². The van der Waals surface area contributed by atoms with Gasteiger partial charge in [0.15, 0.2) is 11.0 Å². The second kappa shape index (κ2) is 6.01. The highest BCUT2D eigenvalue weighted by Crippen LogP contribution is 2.44. The van der Waals surface area contributed by atoms with Crippen LogP contribution in [0.25, 0.3) is 0 Å².